The molecule has 0 unspecified atom stereocenters. The molecule has 3 aromatic rings. The molecule has 1 N–H and O–H groups in total. The van der Waals surface area contributed by atoms with E-state index < -0.39 is 31.2 Å². The Balaban J connectivity index is 2.21. The topological polar surface area (TPSA) is 28.7 Å². The fourth-order valence-corrected chi connectivity index (χ4v) is 2.76. The molecule has 2 heteroatoms. The Morgan fingerprint density at radius 2 is 1.95 bits per heavy atom. The first-order chi connectivity index (χ1) is 13.0. The largest absolute Gasteiger partial charge is 0.353 e. The lowest BCUT2D eigenvalue weighted by Crippen LogP contribution is -2.10. The molecule has 4 rings (SSSR count). The predicted octanol–water partition coefficient (Wildman–Crippen LogP) is 4.89. The van der Waals surface area contributed by atoms with Gasteiger partial charge in [-0.2, -0.15) is 0 Å². The number of aromatic amines is 1. The highest BCUT2D eigenvalue weighted by atomic mass is 14.8. The van der Waals surface area contributed by atoms with E-state index in [-0.39, 0.29) is 11.0 Å². The minimum absolute atomic E-state index is 0.176. The van der Waals surface area contributed by atoms with Crippen LogP contribution < -0.4 is 0 Å². The zero-order valence-corrected chi connectivity index (χ0v) is 12.3. The van der Waals surface area contributed by atoms with Crippen molar-refractivity contribution in [1.82, 2.24) is 9.97 Å². The quantitative estimate of drug-likeness (QED) is 0.626. The Kier molecular flexibility index (Phi) is 1.43. The highest BCUT2D eigenvalue weighted by Crippen LogP contribution is 2.35. The number of rotatable bonds is 0. The van der Waals surface area contributed by atoms with Gasteiger partial charge >= 0.3 is 0 Å². The van der Waals surface area contributed by atoms with Gasteiger partial charge in [-0.15, -0.1) is 0 Å². The molecule has 0 radical (unpaired) electrons. The molecular formula is C19H22N2. The van der Waals surface area contributed by atoms with Crippen LogP contribution in [-0.2, 0) is 18.2 Å². The average Bonchev–Trinajstić information content (AvgIpc) is 2.96. The second-order valence-electron chi connectivity index (χ2n) is 6.41. The first-order valence-corrected chi connectivity index (χ1v) is 7.01. The SMILES string of the molecule is [2H]C1([2H])c2ncc3[nH]c4ccc(C(C)(C)C)cc4c3c2C([2H])([2H])C([2H])([2H])C1([2H])[2H]. The maximum absolute atomic E-state index is 8.55. The van der Waals surface area contributed by atoms with Crippen LogP contribution in [0.3, 0.4) is 0 Å². The van der Waals surface area contributed by atoms with E-state index in [1.54, 1.807) is 0 Å². The van der Waals surface area contributed by atoms with E-state index in [1.807, 2.05) is 39.0 Å². The van der Waals surface area contributed by atoms with Crippen LogP contribution in [0.1, 0.15) is 61.3 Å². The number of hydrogen-bond donors (Lipinski definition) is 1. The Hall–Kier alpha value is -1.83. The fourth-order valence-electron chi connectivity index (χ4n) is 2.76. The summed E-state index contributed by atoms with van der Waals surface area (Å²) in [6.45, 7) is 6.14. The number of hydrogen-bond acceptors (Lipinski definition) is 1. The molecule has 0 fully saturated rings. The molecule has 0 aliphatic heterocycles. The Bertz CT molecular complexity index is 1150. The number of pyridine rings is 1. The third-order valence-electron chi connectivity index (χ3n) is 3.93. The van der Waals surface area contributed by atoms with Gasteiger partial charge in [0, 0.05) is 32.9 Å². The van der Waals surface area contributed by atoms with E-state index >= 15 is 0 Å². The molecule has 2 aromatic heterocycles. The van der Waals surface area contributed by atoms with Crippen molar-refractivity contribution in [3.63, 3.8) is 0 Å². The van der Waals surface area contributed by atoms with Crippen LogP contribution >= 0.6 is 0 Å². The van der Waals surface area contributed by atoms with E-state index in [4.69, 9.17) is 11.0 Å². The minimum Gasteiger partial charge on any atom is -0.353 e. The third-order valence-corrected chi connectivity index (χ3v) is 3.93. The summed E-state index contributed by atoms with van der Waals surface area (Å²) in [5.41, 5.74) is 1.37. The summed E-state index contributed by atoms with van der Waals surface area (Å²) in [7, 11) is 0. The van der Waals surface area contributed by atoms with Gasteiger partial charge in [-0.05, 0) is 54.2 Å². The van der Waals surface area contributed by atoms with Gasteiger partial charge in [-0.3, -0.25) is 4.98 Å². The monoisotopic (exact) mass is 286 g/mol. The van der Waals surface area contributed by atoms with E-state index in [0.717, 1.165) is 5.56 Å². The number of H-pyrrole nitrogens is 1. The predicted molar refractivity (Wildman–Crippen MR) is 88.9 cm³/mol. The zero-order chi connectivity index (χ0) is 21.8. The van der Waals surface area contributed by atoms with E-state index in [9.17, 15) is 0 Å². The van der Waals surface area contributed by atoms with Crippen molar-refractivity contribution < 1.29 is 11.0 Å². The van der Waals surface area contributed by atoms with Crippen molar-refractivity contribution in [3.8, 4) is 0 Å². The van der Waals surface area contributed by atoms with E-state index in [2.05, 4.69) is 9.97 Å². The lowest BCUT2D eigenvalue weighted by Gasteiger charge is -2.19. The normalized spacial score (nSPS) is 30.8. The van der Waals surface area contributed by atoms with Crippen molar-refractivity contribution in [2.24, 2.45) is 0 Å². The summed E-state index contributed by atoms with van der Waals surface area (Å²) < 4.78 is 66.4. The lowest BCUT2D eigenvalue weighted by molar-refractivity contribution is 0.591. The smallest absolute Gasteiger partial charge is 0.0654 e. The second kappa shape index (κ2) is 4.33. The molecule has 2 nitrogen and oxygen atoms in total. The molecule has 1 aliphatic rings. The van der Waals surface area contributed by atoms with Gasteiger partial charge in [0.25, 0.3) is 0 Å². The molecule has 2 heterocycles. The summed E-state index contributed by atoms with van der Waals surface area (Å²) in [5, 5.41) is 0.994. The highest BCUT2D eigenvalue weighted by molar-refractivity contribution is 6.09. The number of nitrogens with zero attached hydrogens (tertiary/aromatic N) is 1. The molecule has 0 saturated carbocycles. The highest BCUT2D eigenvalue weighted by Gasteiger charge is 2.19. The summed E-state index contributed by atoms with van der Waals surface area (Å²) in [5.74, 6) is 0. The molecule has 1 aromatic carbocycles. The first kappa shape index (κ1) is 6.95. The van der Waals surface area contributed by atoms with Crippen LogP contribution in [0.15, 0.2) is 24.4 Å². The molecular weight excluding hydrogens is 256 g/mol. The number of fused-ring (bicyclic) bond motifs is 5. The van der Waals surface area contributed by atoms with Gasteiger partial charge in [0.2, 0.25) is 0 Å². The molecule has 0 amide bonds. The Morgan fingerprint density at radius 3 is 2.76 bits per heavy atom. The maximum Gasteiger partial charge on any atom is 0.0654 e. The van der Waals surface area contributed by atoms with Gasteiger partial charge in [0.05, 0.1) is 11.7 Å². The number of aryl methyl sites for hydroxylation is 2. The Labute approximate surface area is 136 Å². The van der Waals surface area contributed by atoms with Crippen molar-refractivity contribution in [3.05, 3.63) is 41.2 Å². The van der Waals surface area contributed by atoms with Gasteiger partial charge in [-0.1, -0.05) is 26.8 Å². The lowest BCUT2D eigenvalue weighted by atomic mass is 9.85. The Morgan fingerprint density at radius 1 is 1.14 bits per heavy atom. The van der Waals surface area contributed by atoms with Crippen LogP contribution in [0.25, 0.3) is 21.8 Å². The van der Waals surface area contributed by atoms with Gasteiger partial charge in [0.1, 0.15) is 0 Å². The number of benzene rings is 1. The summed E-state index contributed by atoms with van der Waals surface area (Å²) in [6.07, 6.45) is -10.5. The van der Waals surface area contributed by atoms with Crippen LogP contribution in [0.4, 0.5) is 0 Å². The zero-order valence-electron chi connectivity index (χ0n) is 20.3. The van der Waals surface area contributed by atoms with Crippen molar-refractivity contribution in [1.29, 1.82) is 0 Å². The summed E-state index contributed by atoms with van der Waals surface area (Å²) in [6, 6.07) is 5.73. The molecule has 1 aliphatic carbocycles. The summed E-state index contributed by atoms with van der Waals surface area (Å²) >= 11 is 0. The van der Waals surface area contributed by atoms with Crippen LogP contribution in [0, 0.1) is 0 Å². The van der Waals surface area contributed by atoms with Crippen molar-refractivity contribution in [2.75, 3.05) is 0 Å². The van der Waals surface area contributed by atoms with Gasteiger partial charge in [-0.25, -0.2) is 0 Å². The second-order valence-corrected chi connectivity index (χ2v) is 6.41. The maximum atomic E-state index is 8.55. The molecule has 0 bridgehead atoms. The third kappa shape index (κ3) is 1.97. The molecule has 0 atom stereocenters. The molecule has 0 spiro atoms. The number of aromatic nitrogens is 2. The van der Waals surface area contributed by atoms with E-state index in [0.29, 0.717) is 21.8 Å². The van der Waals surface area contributed by atoms with Gasteiger partial charge < -0.3 is 4.98 Å². The summed E-state index contributed by atoms with van der Waals surface area (Å²) in [4.78, 5) is 7.22. The van der Waals surface area contributed by atoms with Crippen LogP contribution in [0.5, 0.6) is 0 Å². The molecule has 0 saturated heterocycles. The van der Waals surface area contributed by atoms with Crippen LogP contribution in [-0.4, -0.2) is 9.97 Å². The fraction of sp³-hybridized carbons (Fsp3) is 0.421. The first-order valence-electron chi connectivity index (χ1n) is 11.0. The average molecular weight is 286 g/mol. The number of nitrogens with one attached hydrogen (secondary N) is 1. The molecule has 108 valence electrons. The van der Waals surface area contributed by atoms with Crippen molar-refractivity contribution in [2.45, 2.75) is 51.7 Å². The van der Waals surface area contributed by atoms with Crippen molar-refractivity contribution >= 4 is 21.8 Å². The van der Waals surface area contributed by atoms with Crippen LogP contribution in [0.2, 0.25) is 0 Å². The van der Waals surface area contributed by atoms with E-state index in [1.165, 1.54) is 6.20 Å². The molecule has 21 heavy (non-hydrogen) atoms. The minimum atomic E-state index is -3.11. The van der Waals surface area contributed by atoms with Gasteiger partial charge in [0.15, 0.2) is 0 Å². The standard InChI is InChI=1S/C19H22N2/c1-19(2,3)12-8-9-16-14(10-12)18-13-6-4-5-7-15(13)20-11-17(18)21-16/h8-11,21H,4-7H2,1-3H3/i4D2,5D2,6D2,7D2.